The molecule has 14 heavy (non-hydrogen) atoms. The minimum absolute atomic E-state index is 0.0780. The number of H-pyrrole nitrogens is 2. The summed E-state index contributed by atoms with van der Waals surface area (Å²) in [4.78, 5) is 19.1. The molecule has 0 radical (unpaired) electrons. The molecule has 0 saturated carbocycles. The highest BCUT2D eigenvalue weighted by Crippen LogP contribution is 2.21. The number of aromatic nitrogens is 2. The molecule has 0 aliphatic carbocycles. The van der Waals surface area contributed by atoms with E-state index in [0.29, 0.717) is 0 Å². The van der Waals surface area contributed by atoms with Crippen LogP contribution in [0.25, 0.3) is 0 Å². The van der Waals surface area contributed by atoms with Gasteiger partial charge in [0.25, 0.3) is 0 Å². The first-order valence-corrected chi connectivity index (χ1v) is 5.02. The Hall–Kier alpha value is -1.03. The van der Waals surface area contributed by atoms with E-state index < -0.39 is 0 Å². The van der Waals surface area contributed by atoms with E-state index in [9.17, 15) is 4.79 Å². The molecule has 0 aromatic carbocycles. The molecule has 1 aliphatic rings. The second-order valence-electron chi connectivity index (χ2n) is 4.88. The molecule has 2 heterocycles. The van der Waals surface area contributed by atoms with Crippen LogP contribution in [0.2, 0.25) is 0 Å². The van der Waals surface area contributed by atoms with E-state index >= 15 is 0 Å². The van der Waals surface area contributed by atoms with Crippen LogP contribution < -0.4 is 5.69 Å². The zero-order valence-corrected chi connectivity index (χ0v) is 8.98. The van der Waals surface area contributed by atoms with Crippen molar-refractivity contribution in [3.63, 3.8) is 0 Å². The van der Waals surface area contributed by atoms with Crippen molar-refractivity contribution in [1.82, 2.24) is 14.9 Å². The fraction of sp³-hybridized carbons (Fsp3) is 0.700. The number of nitrogens with zero attached hydrogens (tertiary/aromatic N) is 1. The maximum atomic E-state index is 11.1. The van der Waals surface area contributed by atoms with Crippen LogP contribution in [0.5, 0.6) is 0 Å². The first kappa shape index (κ1) is 9.52. The fourth-order valence-electron chi connectivity index (χ4n) is 1.89. The summed E-state index contributed by atoms with van der Waals surface area (Å²) in [5.41, 5.74) is 2.23. The highest BCUT2D eigenvalue weighted by atomic mass is 16.1. The predicted molar refractivity (Wildman–Crippen MR) is 55.3 cm³/mol. The van der Waals surface area contributed by atoms with E-state index in [4.69, 9.17) is 0 Å². The Kier molecular flexibility index (Phi) is 2.03. The molecule has 4 nitrogen and oxygen atoms in total. The number of hydrogen-bond donors (Lipinski definition) is 2. The van der Waals surface area contributed by atoms with Gasteiger partial charge in [0, 0.05) is 30.7 Å². The van der Waals surface area contributed by atoms with Gasteiger partial charge in [-0.25, -0.2) is 4.79 Å². The molecule has 0 atom stereocenters. The summed E-state index contributed by atoms with van der Waals surface area (Å²) in [5.74, 6) is 0. The Morgan fingerprint density at radius 2 is 1.86 bits per heavy atom. The Morgan fingerprint density at radius 1 is 1.21 bits per heavy atom. The lowest BCUT2D eigenvalue weighted by Crippen LogP contribution is -2.44. The summed E-state index contributed by atoms with van der Waals surface area (Å²) in [6.45, 7) is 8.45. The highest BCUT2D eigenvalue weighted by Gasteiger charge is 2.26. The van der Waals surface area contributed by atoms with Crippen LogP contribution in [0.4, 0.5) is 0 Å². The number of imidazole rings is 1. The summed E-state index contributed by atoms with van der Waals surface area (Å²) in [6.07, 6.45) is 0.936. The Balaban J connectivity index is 2.25. The van der Waals surface area contributed by atoms with Crippen molar-refractivity contribution in [2.45, 2.75) is 39.3 Å². The van der Waals surface area contributed by atoms with Crippen molar-refractivity contribution in [3.05, 3.63) is 21.9 Å². The van der Waals surface area contributed by atoms with Gasteiger partial charge in [-0.1, -0.05) is 0 Å². The number of aromatic amines is 2. The van der Waals surface area contributed by atoms with Gasteiger partial charge in [0.1, 0.15) is 0 Å². The van der Waals surface area contributed by atoms with E-state index in [1.807, 2.05) is 0 Å². The van der Waals surface area contributed by atoms with Gasteiger partial charge in [-0.2, -0.15) is 0 Å². The molecule has 0 unspecified atom stereocenters. The SMILES string of the molecule is CC(C)(C)N1CCc2[nH]c(=O)[nH]c2C1. The summed E-state index contributed by atoms with van der Waals surface area (Å²) in [6, 6.07) is 0. The van der Waals surface area contributed by atoms with Crippen LogP contribution in [0.1, 0.15) is 32.2 Å². The van der Waals surface area contributed by atoms with Crippen LogP contribution >= 0.6 is 0 Å². The minimum atomic E-state index is -0.0780. The Bertz CT molecular complexity index is 383. The second kappa shape index (κ2) is 2.98. The number of rotatable bonds is 0. The summed E-state index contributed by atoms with van der Waals surface area (Å²) < 4.78 is 0. The van der Waals surface area contributed by atoms with Gasteiger partial charge in [0.05, 0.1) is 5.69 Å². The molecule has 2 N–H and O–H groups in total. The lowest BCUT2D eigenvalue weighted by Gasteiger charge is -2.37. The molecule has 1 aromatic heterocycles. The van der Waals surface area contributed by atoms with Crippen molar-refractivity contribution < 1.29 is 0 Å². The maximum Gasteiger partial charge on any atom is 0.323 e. The monoisotopic (exact) mass is 195 g/mol. The standard InChI is InChI=1S/C10H17N3O/c1-10(2,3)13-5-4-7-8(6-13)12-9(14)11-7/h4-6H2,1-3H3,(H2,11,12,14). The first-order chi connectivity index (χ1) is 6.47. The van der Waals surface area contributed by atoms with E-state index in [0.717, 1.165) is 30.9 Å². The van der Waals surface area contributed by atoms with Crippen molar-refractivity contribution in [2.75, 3.05) is 6.54 Å². The molecule has 0 amide bonds. The fourth-order valence-corrected chi connectivity index (χ4v) is 1.89. The molecule has 4 heteroatoms. The molecular formula is C10H17N3O. The lowest BCUT2D eigenvalue weighted by atomic mass is 10.0. The molecule has 78 valence electrons. The van der Waals surface area contributed by atoms with Gasteiger partial charge in [-0.3, -0.25) is 4.90 Å². The van der Waals surface area contributed by atoms with Gasteiger partial charge < -0.3 is 9.97 Å². The van der Waals surface area contributed by atoms with Crippen molar-refractivity contribution in [3.8, 4) is 0 Å². The van der Waals surface area contributed by atoms with E-state index in [2.05, 4.69) is 35.6 Å². The van der Waals surface area contributed by atoms with Crippen molar-refractivity contribution >= 4 is 0 Å². The third-order valence-corrected chi connectivity index (χ3v) is 2.82. The van der Waals surface area contributed by atoms with Crippen LogP contribution in [0.3, 0.4) is 0 Å². The predicted octanol–water partition coefficient (Wildman–Crippen LogP) is 0.860. The number of fused-ring (bicyclic) bond motifs is 1. The topological polar surface area (TPSA) is 51.9 Å². The highest BCUT2D eigenvalue weighted by molar-refractivity contribution is 5.15. The van der Waals surface area contributed by atoms with Crippen LogP contribution in [0, 0.1) is 0 Å². The summed E-state index contributed by atoms with van der Waals surface area (Å²) in [7, 11) is 0. The normalized spacial score (nSPS) is 18.2. The van der Waals surface area contributed by atoms with Crippen molar-refractivity contribution in [2.24, 2.45) is 0 Å². The summed E-state index contributed by atoms with van der Waals surface area (Å²) in [5, 5.41) is 0. The third kappa shape index (κ3) is 1.62. The smallest absolute Gasteiger partial charge is 0.310 e. The van der Waals surface area contributed by atoms with Crippen LogP contribution in [-0.2, 0) is 13.0 Å². The minimum Gasteiger partial charge on any atom is -0.310 e. The van der Waals surface area contributed by atoms with Gasteiger partial charge in [-0.15, -0.1) is 0 Å². The number of nitrogens with one attached hydrogen (secondary N) is 2. The zero-order chi connectivity index (χ0) is 10.3. The largest absolute Gasteiger partial charge is 0.323 e. The van der Waals surface area contributed by atoms with E-state index in [1.165, 1.54) is 0 Å². The Labute approximate surface area is 83.3 Å². The molecule has 1 aromatic rings. The van der Waals surface area contributed by atoms with Crippen LogP contribution in [-0.4, -0.2) is 27.0 Å². The van der Waals surface area contributed by atoms with Crippen LogP contribution in [0.15, 0.2) is 4.79 Å². The van der Waals surface area contributed by atoms with E-state index in [-0.39, 0.29) is 11.2 Å². The van der Waals surface area contributed by atoms with Gasteiger partial charge >= 0.3 is 5.69 Å². The maximum absolute atomic E-state index is 11.1. The van der Waals surface area contributed by atoms with E-state index in [1.54, 1.807) is 0 Å². The molecule has 0 spiro atoms. The molecule has 2 rings (SSSR count). The van der Waals surface area contributed by atoms with Gasteiger partial charge in [-0.05, 0) is 20.8 Å². The lowest BCUT2D eigenvalue weighted by molar-refractivity contribution is 0.118. The third-order valence-electron chi connectivity index (χ3n) is 2.82. The van der Waals surface area contributed by atoms with Gasteiger partial charge in [0.15, 0.2) is 0 Å². The quantitative estimate of drug-likeness (QED) is 0.645. The number of hydrogen-bond acceptors (Lipinski definition) is 2. The molecular weight excluding hydrogens is 178 g/mol. The molecule has 0 bridgehead atoms. The average molecular weight is 195 g/mol. The first-order valence-electron chi connectivity index (χ1n) is 5.02. The molecule has 1 aliphatic heterocycles. The average Bonchev–Trinajstić information content (AvgIpc) is 2.41. The molecule has 0 fully saturated rings. The Morgan fingerprint density at radius 3 is 2.50 bits per heavy atom. The summed E-state index contributed by atoms with van der Waals surface area (Å²) >= 11 is 0. The second-order valence-corrected chi connectivity index (χ2v) is 4.88. The van der Waals surface area contributed by atoms with Gasteiger partial charge in [0.2, 0.25) is 0 Å². The zero-order valence-electron chi connectivity index (χ0n) is 8.98. The molecule has 0 saturated heterocycles. The van der Waals surface area contributed by atoms with Crippen molar-refractivity contribution in [1.29, 1.82) is 0 Å².